The smallest absolute Gasteiger partial charge is 0.344 e. The van der Waals surface area contributed by atoms with E-state index in [0.717, 1.165) is 0 Å². The minimum atomic E-state index is -1.32. The van der Waals surface area contributed by atoms with E-state index in [1.54, 1.807) is 23.7 Å². The van der Waals surface area contributed by atoms with E-state index in [4.69, 9.17) is 15.5 Å². The maximum atomic E-state index is 13.5. The van der Waals surface area contributed by atoms with Gasteiger partial charge in [-0.2, -0.15) is 0 Å². The van der Waals surface area contributed by atoms with Crippen LogP contribution >= 0.6 is 11.3 Å². The van der Waals surface area contributed by atoms with Gasteiger partial charge in [-0.3, -0.25) is 14.2 Å². The third-order valence-electron chi connectivity index (χ3n) is 8.05. The second-order valence-corrected chi connectivity index (χ2v) is 11.3. The highest BCUT2D eigenvalue weighted by Crippen LogP contribution is 2.33. The predicted molar refractivity (Wildman–Crippen MR) is 144 cm³/mol. The number of rotatable bonds is 7. The third kappa shape index (κ3) is 4.97. The Kier molecular flexibility index (Phi) is 7.88. The lowest BCUT2D eigenvalue weighted by molar-refractivity contribution is -0.163. The molecule has 0 bridgehead atoms. The van der Waals surface area contributed by atoms with Gasteiger partial charge in [0.15, 0.2) is 10.8 Å². The highest BCUT2D eigenvalue weighted by Gasteiger charge is 2.46. The molecule has 40 heavy (non-hydrogen) atoms. The van der Waals surface area contributed by atoms with E-state index >= 15 is 0 Å². The van der Waals surface area contributed by atoms with Gasteiger partial charge in [0.2, 0.25) is 5.43 Å². The first-order valence-corrected chi connectivity index (χ1v) is 13.8. The van der Waals surface area contributed by atoms with Crippen LogP contribution in [-0.4, -0.2) is 91.5 Å². The standard InChI is InChI=1S/C26H31N5O8S/c1-12-20(33)16(24(36)37)6-18(21(12)34)39-25(38)17-10-31(26-28-4-5-40-26)23-15(22(17)35)2-3-19(29-23)30-8-13(7-27)14(9-30)11-32/h2-5,10,12-14,16,18,20-21,32-34H,6-9,11,27H2,1H3,(H,36,37)/t12?,13-,14+,16?,18?,20?,21?/m0/s1. The van der Waals surface area contributed by atoms with Gasteiger partial charge in [0.1, 0.15) is 17.5 Å². The summed E-state index contributed by atoms with van der Waals surface area (Å²) in [5.41, 5.74) is 5.18. The maximum Gasteiger partial charge on any atom is 0.344 e. The van der Waals surface area contributed by atoms with E-state index in [1.807, 2.05) is 4.90 Å². The van der Waals surface area contributed by atoms with Crippen molar-refractivity contribution in [2.45, 2.75) is 31.7 Å². The number of anilines is 1. The molecule has 6 N–H and O–H groups in total. The van der Waals surface area contributed by atoms with Gasteiger partial charge in [-0.1, -0.05) is 6.92 Å². The molecule has 1 aliphatic carbocycles. The molecular formula is C26H31N5O8S. The van der Waals surface area contributed by atoms with Crippen LogP contribution in [0.1, 0.15) is 23.7 Å². The predicted octanol–water partition coefficient (Wildman–Crippen LogP) is -0.167. The van der Waals surface area contributed by atoms with Crippen LogP contribution in [0.25, 0.3) is 16.2 Å². The SMILES string of the molecule is CC1C(O)C(OC(=O)c2cn(-c3nccs3)c3nc(N4C[C@H](CN)[C@@H](CO)C4)ccc3c2=O)CC(C(=O)O)C1O. The van der Waals surface area contributed by atoms with Crippen LogP contribution in [0.2, 0.25) is 0 Å². The zero-order chi connectivity index (χ0) is 28.7. The molecule has 3 aromatic heterocycles. The topological polar surface area (TPSA) is 201 Å². The van der Waals surface area contributed by atoms with Crippen molar-refractivity contribution < 1.29 is 34.8 Å². The number of aliphatic hydroxyl groups is 3. The number of thiazole rings is 1. The third-order valence-corrected chi connectivity index (χ3v) is 8.82. The summed E-state index contributed by atoms with van der Waals surface area (Å²) in [6.07, 6.45) is -1.31. The summed E-state index contributed by atoms with van der Waals surface area (Å²) in [6.45, 7) is 3.04. The van der Waals surface area contributed by atoms with Crippen molar-refractivity contribution in [2.75, 3.05) is 31.1 Å². The summed E-state index contributed by atoms with van der Waals surface area (Å²) in [7, 11) is 0. The largest absolute Gasteiger partial charge is 0.481 e. The molecule has 5 rings (SSSR count). The van der Waals surface area contributed by atoms with Crippen LogP contribution in [0.5, 0.6) is 0 Å². The maximum absolute atomic E-state index is 13.5. The van der Waals surface area contributed by atoms with Gasteiger partial charge < -0.3 is 35.8 Å². The Bertz CT molecular complexity index is 1450. The van der Waals surface area contributed by atoms with Gasteiger partial charge in [-0.05, 0) is 24.6 Å². The molecule has 5 unspecified atom stereocenters. The lowest BCUT2D eigenvalue weighted by Crippen LogP contribution is -2.52. The number of carbonyl (C=O) groups excluding carboxylic acids is 1. The van der Waals surface area contributed by atoms with Crippen molar-refractivity contribution in [1.29, 1.82) is 0 Å². The molecule has 13 nitrogen and oxygen atoms in total. The van der Waals surface area contributed by atoms with Gasteiger partial charge in [-0.15, -0.1) is 11.3 Å². The first kappa shape index (κ1) is 28.1. The number of ether oxygens (including phenoxy) is 1. The van der Waals surface area contributed by atoms with Crippen molar-refractivity contribution in [1.82, 2.24) is 14.5 Å². The number of nitrogens with two attached hydrogens (primary N) is 1. The lowest BCUT2D eigenvalue weighted by atomic mass is 9.76. The number of fused-ring (bicyclic) bond motifs is 1. The minimum absolute atomic E-state index is 0.000456. The summed E-state index contributed by atoms with van der Waals surface area (Å²) in [5.74, 6) is -3.73. The molecular weight excluding hydrogens is 542 g/mol. The van der Waals surface area contributed by atoms with E-state index in [2.05, 4.69) is 4.98 Å². The Hall–Kier alpha value is -3.43. The Morgan fingerprint density at radius 2 is 1.95 bits per heavy atom. The number of aliphatic hydroxyl groups excluding tert-OH is 3. The highest BCUT2D eigenvalue weighted by molar-refractivity contribution is 7.12. The van der Waals surface area contributed by atoms with E-state index in [-0.39, 0.29) is 41.5 Å². The molecule has 0 radical (unpaired) electrons. The minimum Gasteiger partial charge on any atom is -0.481 e. The van der Waals surface area contributed by atoms with Crippen LogP contribution in [0.4, 0.5) is 5.82 Å². The summed E-state index contributed by atoms with van der Waals surface area (Å²) in [4.78, 5) is 49.4. The van der Waals surface area contributed by atoms with E-state index in [9.17, 15) is 34.8 Å². The normalized spacial score (nSPS) is 28.6. The first-order valence-electron chi connectivity index (χ1n) is 13.0. The van der Waals surface area contributed by atoms with Crippen molar-refractivity contribution in [3.05, 3.63) is 45.7 Å². The molecule has 2 fully saturated rings. The number of carbonyl (C=O) groups is 2. The van der Waals surface area contributed by atoms with Crippen LogP contribution in [0.3, 0.4) is 0 Å². The fourth-order valence-electron chi connectivity index (χ4n) is 5.60. The second-order valence-electron chi connectivity index (χ2n) is 10.4. The number of hydrogen-bond donors (Lipinski definition) is 5. The Labute approximate surface area is 232 Å². The fraction of sp³-hybridized carbons (Fsp3) is 0.500. The van der Waals surface area contributed by atoms with E-state index < -0.39 is 47.5 Å². The highest BCUT2D eigenvalue weighted by atomic mass is 32.1. The molecule has 0 amide bonds. The zero-order valence-corrected chi connectivity index (χ0v) is 22.5. The number of carboxylic acids is 1. The van der Waals surface area contributed by atoms with Gasteiger partial charge in [0, 0.05) is 55.7 Å². The summed E-state index contributed by atoms with van der Waals surface area (Å²) in [5, 5.41) is 42.4. The number of nitrogens with zero attached hydrogens (tertiary/aromatic N) is 4. The molecule has 0 aromatic carbocycles. The lowest BCUT2D eigenvalue weighted by Gasteiger charge is -2.39. The molecule has 214 valence electrons. The zero-order valence-electron chi connectivity index (χ0n) is 21.7. The summed E-state index contributed by atoms with van der Waals surface area (Å²) in [6, 6.07) is 3.24. The van der Waals surface area contributed by atoms with Crippen molar-refractivity contribution in [3.8, 4) is 5.13 Å². The Morgan fingerprint density at radius 3 is 2.58 bits per heavy atom. The van der Waals surface area contributed by atoms with Gasteiger partial charge in [0.25, 0.3) is 0 Å². The number of carboxylic acid groups (broad SMARTS) is 1. The number of esters is 1. The molecule has 0 spiro atoms. The number of aromatic nitrogens is 3. The van der Waals surface area contributed by atoms with Gasteiger partial charge >= 0.3 is 11.9 Å². The van der Waals surface area contributed by atoms with Crippen molar-refractivity contribution in [2.24, 2.45) is 29.4 Å². The molecule has 2 aliphatic rings. The summed E-state index contributed by atoms with van der Waals surface area (Å²) >= 11 is 1.26. The average Bonchev–Trinajstić information content (AvgIpc) is 3.63. The number of aliphatic carboxylic acids is 1. The van der Waals surface area contributed by atoms with Crippen LogP contribution in [-0.2, 0) is 9.53 Å². The second kappa shape index (κ2) is 11.2. The van der Waals surface area contributed by atoms with Gasteiger partial charge in [-0.25, -0.2) is 14.8 Å². The molecule has 14 heteroatoms. The first-order chi connectivity index (χ1) is 19.1. The fourth-order valence-corrected chi connectivity index (χ4v) is 6.21. The molecule has 4 heterocycles. The monoisotopic (exact) mass is 573 g/mol. The van der Waals surface area contributed by atoms with E-state index in [0.29, 0.717) is 30.6 Å². The molecule has 3 aromatic rings. The number of hydrogen-bond acceptors (Lipinski definition) is 12. The molecule has 1 saturated carbocycles. The quantitative estimate of drug-likeness (QED) is 0.234. The van der Waals surface area contributed by atoms with E-state index in [1.165, 1.54) is 29.0 Å². The average molecular weight is 574 g/mol. The van der Waals surface area contributed by atoms with Crippen molar-refractivity contribution >= 4 is 40.1 Å². The Morgan fingerprint density at radius 1 is 1.20 bits per heavy atom. The van der Waals surface area contributed by atoms with Crippen molar-refractivity contribution in [3.63, 3.8) is 0 Å². The van der Waals surface area contributed by atoms with Crippen LogP contribution < -0.4 is 16.1 Å². The Balaban J connectivity index is 1.52. The summed E-state index contributed by atoms with van der Waals surface area (Å²) < 4.78 is 7.01. The van der Waals surface area contributed by atoms with Gasteiger partial charge in [0.05, 0.1) is 23.5 Å². The molecule has 1 aliphatic heterocycles. The number of pyridine rings is 2. The van der Waals surface area contributed by atoms with Crippen LogP contribution in [0.15, 0.2) is 34.7 Å². The molecule has 1 saturated heterocycles. The van der Waals surface area contributed by atoms with Crippen LogP contribution in [0, 0.1) is 23.7 Å². The molecule has 7 atom stereocenters.